The zero-order valence-corrected chi connectivity index (χ0v) is 16.1. The van der Waals surface area contributed by atoms with Crippen LogP contribution in [0.1, 0.15) is 37.9 Å². The highest BCUT2D eigenvalue weighted by Gasteiger charge is 2.25. The predicted molar refractivity (Wildman–Crippen MR) is 104 cm³/mol. The summed E-state index contributed by atoms with van der Waals surface area (Å²) in [5.41, 5.74) is 3.58. The molecule has 2 aromatic rings. The quantitative estimate of drug-likeness (QED) is 0.884. The first-order valence-electron chi connectivity index (χ1n) is 9.05. The average Bonchev–Trinajstić information content (AvgIpc) is 3.04. The minimum absolute atomic E-state index is 0.164. The molecule has 0 atom stereocenters. The molecule has 1 N–H and O–H groups in total. The number of aromatic nitrogens is 1. The van der Waals surface area contributed by atoms with E-state index in [1.54, 1.807) is 11.3 Å². The van der Waals surface area contributed by atoms with Crippen molar-refractivity contribution >= 4 is 17.2 Å². The molecular formula is C20H27N3OS. The summed E-state index contributed by atoms with van der Waals surface area (Å²) < 4.78 is 0. The number of benzene rings is 1. The van der Waals surface area contributed by atoms with Crippen molar-refractivity contribution in [1.82, 2.24) is 15.2 Å². The maximum atomic E-state index is 12.1. The van der Waals surface area contributed by atoms with E-state index in [0.717, 1.165) is 43.2 Å². The van der Waals surface area contributed by atoms with Crippen LogP contribution in [0.5, 0.6) is 0 Å². The van der Waals surface area contributed by atoms with Crippen LogP contribution >= 0.6 is 11.3 Å². The Morgan fingerprint density at radius 2 is 1.96 bits per heavy atom. The van der Waals surface area contributed by atoms with Gasteiger partial charge < -0.3 is 5.32 Å². The van der Waals surface area contributed by atoms with Crippen molar-refractivity contribution in [3.8, 4) is 10.6 Å². The van der Waals surface area contributed by atoms with Crippen molar-refractivity contribution in [3.05, 3.63) is 40.9 Å². The molecule has 0 spiro atoms. The molecule has 0 bridgehead atoms. The first-order chi connectivity index (χ1) is 12.0. The fourth-order valence-electron chi connectivity index (χ4n) is 3.19. The molecule has 5 heteroatoms. The lowest BCUT2D eigenvalue weighted by molar-refractivity contribution is -0.127. The van der Waals surface area contributed by atoms with Crippen LogP contribution in [0.3, 0.4) is 0 Å². The first-order valence-corrected chi connectivity index (χ1v) is 9.93. The van der Waals surface area contributed by atoms with E-state index in [2.05, 4.69) is 46.8 Å². The molecule has 4 nitrogen and oxygen atoms in total. The molecular weight excluding hydrogens is 330 g/mol. The van der Waals surface area contributed by atoms with Gasteiger partial charge >= 0.3 is 0 Å². The number of carbonyl (C=O) groups excluding carboxylic acids is 1. The molecule has 1 aromatic carbocycles. The Kier molecular flexibility index (Phi) is 5.86. The van der Waals surface area contributed by atoms with E-state index >= 15 is 0 Å². The molecule has 1 fully saturated rings. The molecule has 0 aliphatic carbocycles. The van der Waals surface area contributed by atoms with Crippen LogP contribution in [-0.4, -0.2) is 34.9 Å². The standard InChI is InChI=1S/C20H27N3OS/c1-14(2)21-19(24)16-8-10-23(11-9-16)12-18-13-25-20(22-18)17-6-4-15(3)5-7-17/h4-7,13-14,16H,8-12H2,1-3H3,(H,21,24). The van der Waals surface area contributed by atoms with Crippen molar-refractivity contribution in [2.24, 2.45) is 5.92 Å². The molecule has 0 radical (unpaired) electrons. The monoisotopic (exact) mass is 357 g/mol. The van der Waals surface area contributed by atoms with Crippen molar-refractivity contribution in [2.75, 3.05) is 13.1 Å². The number of likely N-dealkylation sites (tertiary alicyclic amines) is 1. The summed E-state index contributed by atoms with van der Waals surface area (Å²) in [6.45, 7) is 8.94. The van der Waals surface area contributed by atoms with Gasteiger partial charge in [0, 0.05) is 29.4 Å². The van der Waals surface area contributed by atoms with Crippen molar-refractivity contribution in [1.29, 1.82) is 0 Å². The number of rotatable bonds is 5. The third kappa shape index (κ3) is 4.89. The highest BCUT2D eigenvalue weighted by molar-refractivity contribution is 7.13. The van der Waals surface area contributed by atoms with Crippen molar-refractivity contribution in [3.63, 3.8) is 0 Å². The number of amides is 1. The van der Waals surface area contributed by atoms with E-state index in [4.69, 9.17) is 4.98 Å². The number of thiazole rings is 1. The van der Waals surface area contributed by atoms with Crippen LogP contribution in [-0.2, 0) is 11.3 Å². The minimum atomic E-state index is 0.164. The number of aryl methyl sites for hydroxylation is 1. The second kappa shape index (κ2) is 8.11. The van der Waals surface area contributed by atoms with Gasteiger partial charge in [-0.2, -0.15) is 0 Å². The van der Waals surface area contributed by atoms with E-state index in [1.807, 2.05) is 13.8 Å². The van der Waals surface area contributed by atoms with Crippen LogP contribution in [0.15, 0.2) is 29.6 Å². The highest BCUT2D eigenvalue weighted by atomic mass is 32.1. The topological polar surface area (TPSA) is 45.2 Å². The maximum Gasteiger partial charge on any atom is 0.223 e. The molecule has 1 saturated heterocycles. The normalized spacial score (nSPS) is 16.3. The molecule has 0 saturated carbocycles. The number of nitrogens with zero attached hydrogens (tertiary/aromatic N) is 2. The average molecular weight is 358 g/mol. The van der Waals surface area contributed by atoms with Gasteiger partial charge in [0.25, 0.3) is 0 Å². The summed E-state index contributed by atoms with van der Waals surface area (Å²) in [5, 5.41) is 6.28. The van der Waals surface area contributed by atoms with E-state index in [9.17, 15) is 4.79 Å². The number of nitrogens with one attached hydrogen (secondary N) is 1. The van der Waals surface area contributed by atoms with Crippen molar-refractivity contribution < 1.29 is 4.79 Å². The zero-order valence-electron chi connectivity index (χ0n) is 15.3. The van der Waals surface area contributed by atoms with Gasteiger partial charge in [0.2, 0.25) is 5.91 Å². The lowest BCUT2D eigenvalue weighted by atomic mass is 9.95. The van der Waals surface area contributed by atoms with Gasteiger partial charge in [0.15, 0.2) is 0 Å². The Balaban J connectivity index is 1.53. The molecule has 2 heterocycles. The lowest BCUT2D eigenvalue weighted by Crippen LogP contribution is -2.42. The van der Waals surface area contributed by atoms with E-state index in [0.29, 0.717) is 0 Å². The van der Waals surface area contributed by atoms with E-state index in [-0.39, 0.29) is 17.9 Å². The Labute approximate surface area is 154 Å². The van der Waals surface area contributed by atoms with Crippen LogP contribution in [0.4, 0.5) is 0 Å². The van der Waals surface area contributed by atoms with Gasteiger partial charge in [0.1, 0.15) is 5.01 Å². The number of carbonyl (C=O) groups is 1. The maximum absolute atomic E-state index is 12.1. The van der Waals surface area contributed by atoms with Crippen LogP contribution in [0, 0.1) is 12.8 Å². The molecule has 0 unspecified atom stereocenters. The molecule has 3 rings (SSSR count). The van der Waals surface area contributed by atoms with Gasteiger partial charge in [-0.05, 0) is 46.7 Å². The minimum Gasteiger partial charge on any atom is -0.354 e. The highest BCUT2D eigenvalue weighted by Crippen LogP contribution is 2.25. The third-order valence-corrected chi connectivity index (χ3v) is 5.57. The second-order valence-electron chi connectivity index (χ2n) is 7.22. The molecule has 1 amide bonds. The summed E-state index contributed by atoms with van der Waals surface area (Å²) in [7, 11) is 0. The first kappa shape index (κ1) is 18.1. The fraction of sp³-hybridized carbons (Fsp3) is 0.500. The number of hydrogen-bond acceptors (Lipinski definition) is 4. The number of piperidine rings is 1. The summed E-state index contributed by atoms with van der Waals surface area (Å²) in [5.74, 6) is 0.377. The van der Waals surface area contributed by atoms with Crippen LogP contribution in [0.25, 0.3) is 10.6 Å². The summed E-state index contributed by atoms with van der Waals surface area (Å²) >= 11 is 1.71. The second-order valence-corrected chi connectivity index (χ2v) is 8.08. The fourth-order valence-corrected chi connectivity index (χ4v) is 4.01. The smallest absolute Gasteiger partial charge is 0.223 e. The van der Waals surface area contributed by atoms with Gasteiger partial charge in [0.05, 0.1) is 5.69 Å². The molecule has 1 aliphatic heterocycles. The Hall–Kier alpha value is -1.72. The van der Waals surface area contributed by atoms with E-state index < -0.39 is 0 Å². The SMILES string of the molecule is Cc1ccc(-c2nc(CN3CCC(C(=O)NC(C)C)CC3)cs2)cc1. The van der Waals surface area contributed by atoms with Gasteiger partial charge in [-0.3, -0.25) is 9.69 Å². The summed E-state index contributed by atoms with van der Waals surface area (Å²) in [6, 6.07) is 8.75. The van der Waals surface area contributed by atoms with Gasteiger partial charge in [-0.15, -0.1) is 11.3 Å². The Morgan fingerprint density at radius 3 is 2.60 bits per heavy atom. The molecule has 1 aliphatic rings. The molecule has 134 valence electrons. The predicted octanol–water partition coefficient (Wildman–Crippen LogP) is 3.86. The van der Waals surface area contributed by atoms with E-state index in [1.165, 1.54) is 11.1 Å². The van der Waals surface area contributed by atoms with Gasteiger partial charge in [-0.1, -0.05) is 29.8 Å². The summed E-state index contributed by atoms with van der Waals surface area (Å²) in [4.78, 5) is 19.3. The zero-order chi connectivity index (χ0) is 17.8. The molecule has 1 aromatic heterocycles. The van der Waals surface area contributed by atoms with Gasteiger partial charge in [-0.25, -0.2) is 4.98 Å². The van der Waals surface area contributed by atoms with Crippen LogP contribution in [0.2, 0.25) is 0 Å². The summed E-state index contributed by atoms with van der Waals surface area (Å²) in [6.07, 6.45) is 1.88. The Bertz CT molecular complexity index is 700. The largest absolute Gasteiger partial charge is 0.354 e. The Morgan fingerprint density at radius 1 is 1.28 bits per heavy atom. The van der Waals surface area contributed by atoms with Crippen LogP contribution < -0.4 is 5.32 Å². The third-order valence-electron chi connectivity index (χ3n) is 4.63. The molecule has 25 heavy (non-hydrogen) atoms. The number of hydrogen-bond donors (Lipinski definition) is 1. The lowest BCUT2D eigenvalue weighted by Gasteiger charge is -2.31. The van der Waals surface area contributed by atoms with Crippen molar-refractivity contribution in [2.45, 2.75) is 46.2 Å².